The maximum atomic E-state index is 13.1. The van der Waals surface area contributed by atoms with Crippen molar-refractivity contribution >= 4 is 17.1 Å². The van der Waals surface area contributed by atoms with E-state index in [-0.39, 0.29) is 23.1 Å². The molecular weight excluding hydrogens is 397 g/mol. The van der Waals surface area contributed by atoms with Gasteiger partial charge in [-0.05, 0) is 43.2 Å². The zero-order valence-corrected chi connectivity index (χ0v) is 15.6. The van der Waals surface area contributed by atoms with Crippen LogP contribution in [0, 0.1) is 26.0 Å². The third-order valence-corrected chi connectivity index (χ3v) is 5.02. The average Bonchev–Trinajstić information content (AvgIpc) is 3.24. The Morgan fingerprint density at radius 2 is 1.87 bits per heavy atom. The van der Waals surface area contributed by atoms with Crippen molar-refractivity contribution in [2.24, 2.45) is 0 Å². The maximum Gasteiger partial charge on any atom is 0.299 e. The molecule has 30 heavy (non-hydrogen) atoms. The Morgan fingerprint density at radius 3 is 2.57 bits per heavy atom. The summed E-state index contributed by atoms with van der Waals surface area (Å²) in [6.07, 6.45) is 1.48. The van der Waals surface area contributed by atoms with E-state index in [1.54, 1.807) is 17.0 Å². The predicted molar refractivity (Wildman–Crippen MR) is 104 cm³/mol. The molecule has 10 nitrogen and oxygen atoms in total. The van der Waals surface area contributed by atoms with Gasteiger partial charge in [-0.2, -0.15) is 4.98 Å². The third kappa shape index (κ3) is 3.81. The van der Waals surface area contributed by atoms with Gasteiger partial charge in [0.1, 0.15) is 11.5 Å². The van der Waals surface area contributed by atoms with Crippen LogP contribution in [-0.2, 0) is 0 Å². The summed E-state index contributed by atoms with van der Waals surface area (Å²) in [7, 11) is 0. The topological polar surface area (TPSA) is 128 Å². The van der Waals surface area contributed by atoms with Crippen LogP contribution in [0.1, 0.15) is 24.7 Å². The van der Waals surface area contributed by atoms with E-state index < -0.39 is 9.85 Å². The monoisotopic (exact) mass is 413 g/mol. The second-order valence-electron chi connectivity index (χ2n) is 6.94. The van der Waals surface area contributed by atoms with Gasteiger partial charge >= 0.3 is 0 Å². The van der Waals surface area contributed by atoms with E-state index in [1.807, 2.05) is 0 Å². The van der Waals surface area contributed by atoms with Crippen LogP contribution in [0.15, 0.2) is 47.0 Å². The van der Waals surface area contributed by atoms with E-state index in [4.69, 9.17) is 4.52 Å². The van der Waals surface area contributed by atoms with Gasteiger partial charge in [0.15, 0.2) is 0 Å². The number of nitro benzene ring substituents is 2. The van der Waals surface area contributed by atoms with Crippen molar-refractivity contribution in [3.63, 3.8) is 0 Å². The number of non-ortho nitro benzene ring substituents is 1. The molecule has 0 bridgehead atoms. The SMILES string of the molecule is O=[N+]([O-])c1ccc(N2CCCC(c3nc(-c4ccc(F)cc4)no3)C2)c([N+](=O)[O-])c1. The van der Waals surface area contributed by atoms with E-state index in [0.29, 0.717) is 36.1 Å². The van der Waals surface area contributed by atoms with Crippen molar-refractivity contribution in [2.75, 3.05) is 18.0 Å². The molecule has 0 N–H and O–H groups in total. The number of piperidine rings is 1. The average molecular weight is 413 g/mol. The molecule has 0 saturated carbocycles. The Labute approximate surface area is 169 Å². The summed E-state index contributed by atoms with van der Waals surface area (Å²) in [6, 6.07) is 9.34. The molecule has 2 aromatic carbocycles. The van der Waals surface area contributed by atoms with Crippen LogP contribution in [0.5, 0.6) is 0 Å². The fourth-order valence-electron chi connectivity index (χ4n) is 3.55. The van der Waals surface area contributed by atoms with E-state index in [0.717, 1.165) is 18.9 Å². The fourth-order valence-corrected chi connectivity index (χ4v) is 3.55. The molecule has 1 saturated heterocycles. The number of nitrogens with zero attached hydrogens (tertiary/aromatic N) is 5. The van der Waals surface area contributed by atoms with Gasteiger partial charge in [-0.25, -0.2) is 4.39 Å². The Bertz CT molecular complexity index is 1100. The summed E-state index contributed by atoms with van der Waals surface area (Å²) in [6.45, 7) is 0.956. The molecule has 2 heterocycles. The van der Waals surface area contributed by atoms with Gasteiger partial charge in [0, 0.05) is 24.7 Å². The fraction of sp³-hybridized carbons (Fsp3) is 0.263. The molecule has 0 radical (unpaired) electrons. The standard InChI is InChI=1S/C19H16FN5O5/c20-14-5-3-12(4-6-14)18-21-19(30-22-18)13-2-1-9-23(11-13)16-8-7-15(24(26)27)10-17(16)25(28)29/h3-8,10,13H,1-2,9,11H2. The first-order chi connectivity index (χ1) is 14.4. The zero-order chi connectivity index (χ0) is 21.3. The van der Waals surface area contributed by atoms with Crippen LogP contribution in [0.25, 0.3) is 11.4 Å². The third-order valence-electron chi connectivity index (χ3n) is 5.02. The number of nitro groups is 2. The number of hydrogen-bond donors (Lipinski definition) is 0. The molecule has 0 spiro atoms. The molecule has 1 atom stereocenters. The van der Waals surface area contributed by atoms with Crippen molar-refractivity contribution < 1.29 is 18.8 Å². The minimum atomic E-state index is -0.662. The summed E-state index contributed by atoms with van der Waals surface area (Å²) in [5.74, 6) is 0.206. The lowest BCUT2D eigenvalue weighted by Gasteiger charge is -2.32. The molecule has 1 fully saturated rings. The molecule has 154 valence electrons. The lowest BCUT2D eigenvalue weighted by molar-refractivity contribution is -0.393. The summed E-state index contributed by atoms with van der Waals surface area (Å²) in [5.41, 5.74) is 0.279. The maximum absolute atomic E-state index is 13.1. The second-order valence-corrected chi connectivity index (χ2v) is 6.94. The number of aromatic nitrogens is 2. The molecule has 11 heteroatoms. The lowest BCUT2D eigenvalue weighted by Crippen LogP contribution is -2.34. The van der Waals surface area contributed by atoms with Gasteiger partial charge in [0.25, 0.3) is 11.4 Å². The summed E-state index contributed by atoms with van der Waals surface area (Å²) in [4.78, 5) is 27.4. The normalized spacial score (nSPS) is 16.4. The van der Waals surface area contributed by atoms with Crippen LogP contribution >= 0.6 is 0 Å². The molecule has 0 amide bonds. The Kier molecular flexibility index (Phi) is 5.09. The van der Waals surface area contributed by atoms with Gasteiger partial charge < -0.3 is 9.42 Å². The Morgan fingerprint density at radius 1 is 1.10 bits per heavy atom. The number of anilines is 1. The lowest BCUT2D eigenvalue weighted by atomic mass is 9.97. The van der Waals surface area contributed by atoms with E-state index in [9.17, 15) is 24.6 Å². The van der Waals surface area contributed by atoms with E-state index >= 15 is 0 Å². The predicted octanol–water partition coefficient (Wildman–Crippen LogP) is 4.08. The highest BCUT2D eigenvalue weighted by Crippen LogP contribution is 2.36. The van der Waals surface area contributed by atoms with E-state index in [1.165, 1.54) is 24.3 Å². The Balaban J connectivity index is 1.58. The van der Waals surface area contributed by atoms with Crippen molar-refractivity contribution in [1.82, 2.24) is 10.1 Å². The van der Waals surface area contributed by atoms with E-state index in [2.05, 4.69) is 10.1 Å². The largest absolute Gasteiger partial charge is 0.365 e. The highest BCUT2D eigenvalue weighted by molar-refractivity contribution is 5.67. The smallest absolute Gasteiger partial charge is 0.299 e. The van der Waals surface area contributed by atoms with Gasteiger partial charge in [0.2, 0.25) is 11.7 Å². The van der Waals surface area contributed by atoms with Crippen molar-refractivity contribution in [1.29, 1.82) is 0 Å². The zero-order valence-electron chi connectivity index (χ0n) is 15.6. The minimum absolute atomic E-state index is 0.157. The quantitative estimate of drug-likeness (QED) is 0.452. The molecule has 1 unspecified atom stereocenters. The van der Waals surface area contributed by atoms with Crippen LogP contribution in [0.4, 0.5) is 21.5 Å². The number of hydrogen-bond acceptors (Lipinski definition) is 8. The first-order valence-corrected chi connectivity index (χ1v) is 9.19. The van der Waals surface area contributed by atoms with Gasteiger partial charge in [-0.1, -0.05) is 5.16 Å². The van der Waals surface area contributed by atoms with Crippen molar-refractivity contribution in [3.8, 4) is 11.4 Å². The van der Waals surface area contributed by atoms with Crippen LogP contribution < -0.4 is 4.90 Å². The van der Waals surface area contributed by atoms with Crippen LogP contribution in [0.2, 0.25) is 0 Å². The van der Waals surface area contributed by atoms with Crippen LogP contribution in [-0.4, -0.2) is 33.1 Å². The Hall–Kier alpha value is -3.89. The molecule has 0 aliphatic carbocycles. The summed E-state index contributed by atoms with van der Waals surface area (Å²) in [5, 5.41) is 26.4. The number of rotatable bonds is 5. The second kappa shape index (κ2) is 7.85. The van der Waals surface area contributed by atoms with Crippen molar-refractivity contribution in [3.05, 3.63) is 74.4 Å². The summed E-state index contributed by atoms with van der Waals surface area (Å²) >= 11 is 0. The highest BCUT2D eigenvalue weighted by atomic mass is 19.1. The van der Waals surface area contributed by atoms with Crippen molar-refractivity contribution in [2.45, 2.75) is 18.8 Å². The highest BCUT2D eigenvalue weighted by Gasteiger charge is 2.30. The van der Waals surface area contributed by atoms with Gasteiger partial charge in [0.05, 0.1) is 21.8 Å². The first kappa shape index (κ1) is 19.4. The molecule has 1 aliphatic heterocycles. The summed E-state index contributed by atoms with van der Waals surface area (Å²) < 4.78 is 18.5. The minimum Gasteiger partial charge on any atom is -0.365 e. The molecule has 4 rings (SSSR count). The number of benzene rings is 2. The van der Waals surface area contributed by atoms with Crippen LogP contribution in [0.3, 0.4) is 0 Å². The molecular formula is C19H16FN5O5. The first-order valence-electron chi connectivity index (χ1n) is 9.19. The van der Waals surface area contributed by atoms with Gasteiger partial charge in [-0.3, -0.25) is 20.2 Å². The molecule has 1 aliphatic rings. The van der Waals surface area contributed by atoms with Gasteiger partial charge in [-0.15, -0.1) is 0 Å². The molecule has 3 aromatic rings. The number of halogens is 1. The molecule has 1 aromatic heterocycles.